The van der Waals surface area contributed by atoms with Crippen molar-refractivity contribution < 1.29 is 4.79 Å². The zero-order chi connectivity index (χ0) is 8.43. The first-order chi connectivity index (χ1) is 5.16. The van der Waals surface area contributed by atoms with Crippen LogP contribution < -0.4 is 11.3 Å². The van der Waals surface area contributed by atoms with Crippen LogP contribution in [0.5, 0.6) is 0 Å². The van der Waals surface area contributed by atoms with Crippen LogP contribution in [-0.2, 0) is 0 Å². The molecule has 1 aromatic rings. The second-order valence-corrected chi connectivity index (χ2v) is 4.23. The molecule has 0 fully saturated rings. The summed E-state index contributed by atoms with van der Waals surface area (Å²) >= 11 is 7.82. The number of nitrogens with two attached hydrogens (primary N) is 1. The van der Waals surface area contributed by atoms with E-state index in [0.29, 0.717) is 4.88 Å². The summed E-state index contributed by atoms with van der Waals surface area (Å²) < 4.78 is 1.60. The van der Waals surface area contributed by atoms with Crippen molar-refractivity contribution in [1.29, 1.82) is 0 Å². The van der Waals surface area contributed by atoms with Gasteiger partial charge in [0.05, 0.1) is 4.47 Å². The molecular formula is C5H4Br2N2OS. The third-order valence-electron chi connectivity index (χ3n) is 1.03. The first-order valence-electron chi connectivity index (χ1n) is 2.60. The van der Waals surface area contributed by atoms with Crippen LogP contribution in [-0.4, -0.2) is 5.91 Å². The van der Waals surface area contributed by atoms with Crippen molar-refractivity contribution in [3.8, 4) is 0 Å². The minimum Gasteiger partial charge on any atom is -0.289 e. The molecule has 1 aromatic heterocycles. The zero-order valence-electron chi connectivity index (χ0n) is 5.23. The Morgan fingerprint density at radius 2 is 2.27 bits per heavy atom. The molecular weight excluding hydrogens is 296 g/mol. The molecule has 3 nitrogen and oxygen atoms in total. The van der Waals surface area contributed by atoms with Crippen molar-refractivity contribution in [1.82, 2.24) is 5.43 Å². The van der Waals surface area contributed by atoms with Gasteiger partial charge in [-0.15, -0.1) is 11.3 Å². The number of hydrogen-bond acceptors (Lipinski definition) is 3. The number of thiophene rings is 1. The standard InChI is InChI=1S/C5H4Br2N2OS/c6-2-1-11-4(3(2)7)5(10)9-8/h1H,8H2,(H,9,10). The summed E-state index contributed by atoms with van der Waals surface area (Å²) in [6, 6.07) is 0. The molecule has 0 aliphatic rings. The Morgan fingerprint density at radius 3 is 2.64 bits per heavy atom. The Labute approximate surface area is 84.2 Å². The Morgan fingerprint density at radius 1 is 1.64 bits per heavy atom. The quantitative estimate of drug-likeness (QED) is 0.473. The maximum atomic E-state index is 11.0. The average molecular weight is 300 g/mol. The first kappa shape index (κ1) is 9.18. The SMILES string of the molecule is NNC(=O)c1scc(Br)c1Br. The third-order valence-corrected chi connectivity index (χ3v) is 4.55. The fraction of sp³-hybridized carbons (Fsp3) is 0. The maximum absolute atomic E-state index is 11.0. The monoisotopic (exact) mass is 298 g/mol. The molecule has 1 heterocycles. The molecule has 0 spiro atoms. The summed E-state index contributed by atoms with van der Waals surface area (Å²) in [6.45, 7) is 0. The highest BCUT2D eigenvalue weighted by molar-refractivity contribution is 9.13. The Balaban J connectivity index is 3.04. The number of nitrogens with one attached hydrogen (secondary N) is 1. The number of amides is 1. The summed E-state index contributed by atoms with van der Waals surface area (Å²) in [4.78, 5) is 11.5. The number of carbonyl (C=O) groups is 1. The molecule has 3 N–H and O–H groups in total. The number of nitrogen functional groups attached to an aromatic ring is 1. The highest BCUT2D eigenvalue weighted by Gasteiger charge is 2.12. The minimum absolute atomic E-state index is 0.285. The van der Waals surface area contributed by atoms with Gasteiger partial charge in [0.15, 0.2) is 0 Å². The topological polar surface area (TPSA) is 55.1 Å². The van der Waals surface area contributed by atoms with Crippen molar-refractivity contribution in [2.24, 2.45) is 5.84 Å². The summed E-state index contributed by atoms with van der Waals surface area (Å²) in [5.74, 6) is 4.67. The van der Waals surface area contributed by atoms with E-state index in [-0.39, 0.29) is 5.91 Å². The third kappa shape index (κ3) is 1.81. The van der Waals surface area contributed by atoms with Crippen LogP contribution in [0.3, 0.4) is 0 Å². The van der Waals surface area contributed by atoms with Gasteiger partial charge in [-0.2, -0.15) is 0 Å². The van der Waals surface area contributed by atoms with Gasteiger partial charge in [0, 0.05) is 9.85 Å². The second kappa shape index (κ2) is 3.66. The smallest absolute Gasteiger partial charge is 0.276 e. The summed E-state index contributed by atoms with van der Waals surface area (Å²) in [6.07, 6.45) is 0. The molecule has 0 radical (unpaired) electrons. The Kier molecular flexibility index (Phi) is 3.06. The lowest BCUT2D eigenvalue weighted by Gasteiger charge is -1.94. The minimum atomic E-state index is -0.285. The molecule has 0 saturated heterocycles. The van der Waals surface area contributed by atoms with Gasteiger partial charge in [0.1, 0.15) is 4.88 Å². The number of hydrogen-bond donors (Lipinski definition) is 2. The first-order valence-corrected chi connectivity index (χ1v) is 5.06. The summed E-state index contributed by atoms with van der Waals surface area (Å²) in [5, 5.41) is 1.81. The van der Waals surface area contributed by atoms with Gasteiger partial charge in [-0.1, -0.05) is 0 Å². The molecule has 11 heavy (non-hydrogen) atoms. The van der Waals surface area contributed by atoms with E-state index in [4.69, 9.17) is 5.84 Å². The lowest BCUT2D eigenvalue weighted by molar-refractivity contribution is 0.0957. The van der Waals surface area contributed by atoms with Gasteiger partial charge < -0.3 is 0 Å². The molecule has 1 rings (SSSR count). The van der Waals surface area contributed by atoms with Crippen LogP contribution in [0.2, 0.25) is 0 Å². The van der Waals surface area contributed by atoms with Crippen LogP contribution in [0.4, 0.5) is 0 Å². The van der Waals surface area contributed by atoms with Gasteiger partial charge in [-0.25, -0.2) is 5.84 Å². The van der Waals surface area contributed by atoms with Crippen molar-refractivity contribution >= 4 is 49.1 Å². The van der Waals surface area contributed by atoms with E-state index in [1.165, 1.54) is 11.3 Å². The fourth-order valence-corrected chi connectivity index (χ4v) is 2.60. The van der Waals surface area contributed by atoms with Crippen molar-refractivity contribution in [2.45, 2.75) is 0 Å². The van der Waals surface area contributed by atoms with Crippen LogP contribution in [0.25, 0.3) is 0 Å². The van der Waals surface area contributed by atoms with E-state index in [1.54, 1.807) is 0 Å². The number of carbonyl (C=O) groups excluding carboxylic acids is 1. The lowest BCUT2D eigenvalue weighted by Crippen LogP contribution is -2.29. The second-order valence-electron chi connectivity index (χ2n) is 1.70. The van der Waals surface area contributed by atoms with Crippen LogP contribution in [0.1, 0.15) is 9.67 Å². The molecule has 60 valence electrons. The van der Waals surface area contributed by atoms with Crippen molar-refractivity contribution in [3.05, 3.63) is 19.2 Å². The van der Waals surface area contributed by atoms with Gasteiger partial charge in [-0.05, 0) is 31.9 Å². The predicted octanol–water partition coefficient (Wildman–Crippen LogP) is 1.88. The average Bonchev–Trinajstić information content (AvgIpc) is 2.32. The van der Waals surface area contributed by atoms with E-state index in [2.05, 4.69) is 37.3 Å². The van der Waals surface area contributed by atoms with E-state index in [0.717, 1.165) is 8.95 Å². The van der Waals surface area contributed by atoms with E-state index in [1.807, 2.05) is 5.38 Å². The van der Waals surface area contributed by atoms with Crippen molar-refractivity contribution in [3.63, 3.8) is 0 Å². The molecule has 1 amide bonds. The lowest BCUT2D eigenvalue weighted by atomic mass is 10.4. The Hall–Kier alpha value is 0.0900. The molecule has 0 aliphatic heterocycles. The summed E-state index contributed by atoms with van der Waals surface area (Å²) in [5.41, 5.74) is 2.06. The molecule has 0 aromatic carbocycles. The van der Waals surface area contributed by atoms with Gasteiger partial charge in [0.2, 0.25) is 0 Å². The number of rotatable bonds is 1. The number of hydrazine groups is 1. The largest absolute Gasteiger partial charge is 0.289 e. The van der Waals surface area contributed by atoms with Gasteiger partial charge >= 0.3 is 0 Å². The van der Waals surface area contributed by atoms with Crippen molar-refractivity contribution in [2.75, 3.05) is 0 Å². The molecule has 0 unspecified atom stereocenters. The highest BCUT2D eigenvalue weighted by Crippen LogP contribution is 2.32. The highest BCUT2D eigenvalue weighted by atomic mass is 79.9. The molecule has 0 bridgehead atoms. The predicted molar refractivity (Wildman–Crippen MR) is 51.4 cm³/mol. The van der Waals surface area contributed by atoms with E-state index in [9.17, 15) is 4.79 Å². The van der Waals surface area contributed by atoms with Crippen LogP contribution in [0, 0.1) is 0 Å². The Bertz CT molecular complexity index is 286. The molecule has 0 aliphatic carbocycles. The van der Waals surface area contributed by atoms with E-state index >= 15 is 0 Å². The van der Waals surface area contributed by atoms with Gasteiger partial charge in [0.25, 0.3) is 5.91 Å². The zero-order valence-corrected chi connectivity index (χ0v) is 9.22. The van der Waals surface area contributed by atoms with Gasteiger partial charge in [-0.3, -0.25) is 10.2 Å². The van der Waals surface area contributed by atoms with E-state index < -0.39 is 0 Å². The summed E-state index contributed by atoms with van der Waals surface area (Å²) in [7, 11) is 0. The van der Waals surface area contributed by atoms with Crippen LogP contribution in [0.15, 0.2) is 14.3 Å². The normalized spacial score (nSPS) is 9.73. The molecule has 0 atom stereocenters. The van der Waals surface area contributed by atoms with Crippen LogP contribution >= 0.6 is 43.2 Å². The fourth-order valence-electron chi connectivity index (χ4n) is 0.541. The maximum Gasteiger partial charge on any atom is 0.276 e. The number of halogens is 2. The molecule has 6 heteroatoms. The molecule has 0 saturated carbocycles.